The summed E-state index contributed by atoms with van der Waals surface area (Å²) in [5, 5.41) is 2.80. The average Bonchev–Trinajstić information content (AvgIpc) is 2.38. The summed E-state index contributed by atoms with van der Waals surface area (Å²) in [5.74, 6) is -0.00696. The second-order valence-corrected chi connectivity index (χ2v) is 4.43. The molecule has 0 atom stereocenters. The third-order valence-corrected chi connectivity index (χ3v) is 2.73. The van der Waals surface area contributed by atoms with Crippen molar-refractivity contribution in [1.82, 2.24) is 9.97 Å². The van der Waals surface area contributed by atoms with Gasteiger partial charge in [0.05, 0.1) is 0 Å². The lowest BCUT2D eigenvalue weighted by Gasteiger charge is -2.08. The summed E-state index contributed by atoms with van der Waals surface area (Å²) in [7, 11) is 0. The number of benzene rings is 1. The van der Waals surface area contributed by atoms with Crippen LogP contribution in [0.5, 0.6) is 0 Å². The number of aromatic nitrogens is 2. The predicted molar refractivity (Wildman–Crippen MR) is 70.4 cm³/mol. The Morgan fingerprint density at radius 3 is 2.70 bits per heavy atom. The van der Waals surface area contributed by atoms with Crippen molar-refractivity contribution in [3.63, 3.8) is 0 Å². The summed E-state index contributed by atoms with van der Waals surface area (Å²) in [6, 6.07) is 8.81. The molecule has 2 aromatic rings. The molecule has 0 spiro atoms. The number of hydrogen-bond acceptors (Lipinski definition) is 3. The van der Waals surface area contributed by atoms with Crippen molar-refractivity contribution in [3.05, 3.63) is 53.3 Å². The van der Waals surface area contributed by atoms with Gasteiger partial charge in [0.1, 0.15) is 5.69 Å². The van der Waals surface area contributed by atoms with E-state index in [1.807, 2.05) is 31.2 Å². The fraction of sp³-hybridized carbons (Fsp3) is 0.286. The summed E-state index contributed by atoms with van der Waals surface area (Å²) in [4.78, 5) is 7.22. The van der Waals surface area contributed by atoms with Crippen molar-refractivity contribution in [1.29, 1.82) is 0 Å². The second kappa shape index (κ2) is 5.90. The van der Waals surface area contributed by atoms with Gasteiger partial charge in [0.15, 0.2) is 0 Å². The molecule has 106 valence electrons. The quantitative estimate of drug-likeness (QED) is 0.932. The van der Waals surface area contributed by atoms with Crippen molar-refractivity contribution in [2.75, 3.05) is 11.9 Å². The molecule has 0 aliphatic rings. The lowest BCUT2D eigenvalue weighted by atomic mass is 10.1. The summed E-state index contributed by atoms with van der Waals surface area (Å²) in [6.07, 6.45) is -2.65. The molecular formula is C14H14F3N3. The van der Waals surface area contributed by atoms with Crippen molar-refractivity contribution in [2.24, 2.45) is 0 Å². The number of hydrogen-bond donors (Lipinski definition) is 1. The maximum absolute atomic E-state index is 12.5. The van der Waals surface area contributed by atoms with Gasteiger partial charge in [-0.25, -0.2) is 9.97 Å². The summed E-state index contributed by atoms with van der Waals surface area (Å²) in [5.41, 5.74) is 1.33. The molecule has 0 unspecified atom stereocenters. The minimum Gasteiger partial charge on any atom is -0.354 e. The van der Waals surface area contributed by atoms with Gasteiger partial charge >= 0.3 is 6.18 Å². The van der Waals surface area contributed by atoms with Crippen LogP contribution in [0.1, 0.15) is 16.8 Å². The van der Waals surface area contributed by atoms with Crippen LogP contribution in [0.2, 0.25) is 0 Å². The van der Waals surface area contributed by atoms with Crippen LogP contribution in [-0.2, 0) is 12.6 Å². The second-order valence-electron chi connectivity index (χ2n) is 4.43. The number of aryl methyl sites for hydroxylation is 1. The van der Waals surface area contributed by atoms with Gasteiger partial charge < -0.3 is 5.32 Å². The Labute approximate surface area is 114 Å². The van der Waals surface area contributed by atoms with Crippen LogP contribution in [-0.4, -0.2) is 16.5 Å². The number of halogens is 3. The molecule has 0 saturated carbocycles. The van der Waals surface area contributed by atoms with Crippen molar-refractivity contribution in [3.8, 4) is 0 Å². The summed E-state index contributed by atoms with van der Waals surface area (Å²) < 4.78 is 37.4. The molecule has 6 heteroatoms. The monoisotopic (exact) mass is 281 g/mol. The zero-order valence-electron chi connectivity index (χ0n) is 10.9. The molecule has 1 aromatic heterocycles. The number of anilines is 1. The molecule has 0 aliphatic carbocycles. The van der Waals surface area contributed by atoms with E-state index in [4.69, 9.17) is 0 Å². The van der Waals surface area contributed by atoms with Gasteiger partial charge in [-0.3, -0.25) is 0 Å². The Balaban J connectivity index is 1.94. The van der Waals surface area contributed by atoms with Crippen LogP contribution < -0.4 is 5.32 Å². The smallest absolute Gasteiger partial charge is 0.354 e. The zero-order valence-corrected chi connectivity index (χ0v) is 10.9. The van der Waals surface area contributed by atoms with Crippen LogP contribution >= 0.6 is 0 Å². The van der Waals surface area contributed by atoms with Gasteiger partial charge in [-0.1, -0.05) is 29.8 Å². The van der Waals surface area contributed by atoms with E-state index in [1.165, 1.54) is 0 Å². The molecule has 1 N–H and O–H groups in total. The molecule has 3 nitrogen and oxygen atoms in total. The number of rotatable bonds is 4. The lowest BCUT2D eigenvalue weighted by Crippen LogP contribution is -2.13. The first-order valence-corrected chi connectivity index (χ1v) is 6.15. The van der Waals surface area contributed by atoms with Crippen LogP contribution in [0.15, 0.2) is 36.5 Å². The number of nitrogens with one attached hydrogen (secondary N) is 1. The Morgan fingerprint density at radius 1 is 1.20 bits per heavy atom. The standard InChI is InChI=1S/C14H14F3N3/c1-10-3-2-4-11(9-10)5-7-18-13-19-8-6-12(20-13)14(15,16)17/h2-4,6,8-9H,5,7H2,1H3,(H,18,19,20). The van der Waals surface area contributed by atoms with Gasteiger partial charge in [0.25, 0.3) is 0 Å². The van der Waals surface area contributed by atoms with E-state index in [0.29, 0.717) is 13.0 Å². The first-order valence-electron chi connectivity index (χ1n) is 6.15. The highest BCUT2D eigenvalue weighted by Gasteiger charge is 2.32. The third-order valence-electron chi connectivity index (χ3n) is 2.73. The highest BCUT2D eigenvalue weighted by Crippen LogP contribution is 2.27. The van der Waals surface area contributed by atoms with Gasteiger partial charge in [-0.2, -0.15) is 13.2 Å². The summed E-state index contributed by atoms with van der Waals surface area (Å²) in [6.45, 7) is 2.47. The van der Waals surface area contributed by atoms with E-state index in [-0.39, 0.29) is 5.95 Å². The molecule has 0 aliphatic heterocycles. The fourth-order valence-electron chi connectivity index (χ4n) is 1.79. The molecule has 2 rings (SSSR count). The largest absolute Gasteiger partial charge is 0.433 e. The molecule has 0 fully saturated rings. The van der Waals surface area contributed by atoms with Crippen molar-refractivity contribution < 1.29 is 13.2 Å². The average molecular weight is 281 g/mol. The normalized spacial score (nSPS) is 11.4. The highest BCUT2D eigenvalue weighted by atomic mass is 19.4. The van der Waals surface area contributed by atoms with Crippen molar-refractivity contribution >= 4 is 5.95 Å². The number of nitrogens with zero attached hydrogens (tertiary/aromatic N) is 2. The molecule has 0 radical (unpaired) electrons. The molecule has 1 heterocycles. The Morgan fingerprint density at radius 2 is 2.00 bits per heavy atom. The lowest BCUT2D eigenvalue weighted by molar-refractivity contribution is -0.141. The van der Waals surface area contributed by atoms with Crippen molar-refractivity contribution in [2.45, 2.75) is 19.5 Å². The van der Waals surface area contributed by atoms with E-state index in [0.717, 1.165) is 23.4 Å². The SMILES string of the molecule is Cc1cccc(CCNc2nccc(C(F)(F)F)n2)c1. The minimum atomic E-state index is -4.45. The molecular weight excluding hydrogens is 267 g/mol. The van der Waals surface area contributed by atoms with E-state index in [9.17, 15) is 13.2 Å². The van der Waals surface area contributed by atoms with Crippen LogP contribution in [0.25, 0.3) is 0 Å². The molecule has 0 saturated heterocycles. The first-order chi connectivity index (χ1) is 9.45. The van der Waals surface area contributed by atoms with Gasteiger partial charge in [0.2, 0.25) is 5.95 Å². The topological polar surface area (TPSA) is 37.8 Å². The Hall–Kier alpha value is -2.11. The van der Waals surface area contributed by atoms with E-state index < -0.39 is 11.9 Å². The molecule has 0 amide bonds. The Bertz CT molecular complexity index is 582. The summed E-state index contributed by atoms with van der Waals surface area (Å²) >= 11 is 0. The van der Waals surface area contributed by atoms with Crippen LogP contribution in [0.3, 0.4) is 0 Å². The zero-order chi connectivity index (χ0) is 14.6. The molecule has 1 aromatic carbocycles. The van der Waals surface area contributed by atoms with Gasteiger partial charge in [-0.05, 0) is 25.0 Å². The maximum Gasteiger partial charge on any atom is 0.433 e. The van der Waals surface area contributed by atoms with Crippen LogP contribution in [0.4, 0.5) is 19.1 Å². The third kappa shape index (κ3) is 3.94. The predicted octanol–water partition coefficient (Wildman–Crippen LogP) is 3.46. The first kappa shape index (κ1) is 14.3. The minimum absolute atomic E-state index is 0.00696. The Kier molecular flexibility index (Phi) is 4.22. The van der Waals surface area contributed by atoms with Gasteiger partial charge in [0, 0.05) is 12.7 Å². The molecule has 0 bridgehead atoms. The van der Waals surface area contributed by atoms with E-state index in [2.05, 4.69) is 15.3 Å². The van der Waals surface area contributed by atoms with Crippen LogP contribution in [0, 0.1) is 6.92 Å². The highest BCUT2D eigenvalue weighted by molar-refractivity contribution is 5.28. The van der Waals surface area contributed by atoms with Gasteiger partial charge in [-0.15, -0.1) is 0 Å². The van der Waals surface area contributed by atoms with E-state index in [1.54, 1.807) is 0 Å². The molecule has 20 heavy (non-hydrogen) atoms. The van der Waals surface area contributed by atoms with E-state index >= 15 is 0 Å². The fourth-order valence-corrected chi connectivity index (χ4v) is 1.79. The maximum atomic E-state index is 12.5. The number of alkyl halides is 3.